The Kier molecular flexibility index (Phi) is 4.34. The standard InChI is InChI=1S/C17H21FN4/c1-13-9-17(20-12-19-13)21(2)15-7-8-22(11-15)10-14-5-3-4-6-16(14)18/h3-6,9,12,15H,7-8,10-11H2,1-2H3. The second-order valence-electron chi connectivity index (χ2n) is 5.90. The Balaban J connectivity index is 1.64. The van der Waals surface area contributed by atoms with E-state index in [0.29, 0.717) is 12.6 Å². The molecular formula is C17H21FN4. The zero-order valence-electron chi connectivity index (χ0n) is 13.0. The summed E-state index contributed by atoms with van der Waals surface area (Å²) in [6, 6.07) is 9.41. The summed E-state index contributed by atoms with van der Waals surface area (Å²) in [5.74, 6) is 0.830. The van der Waals surface area contributed by atoms with Crippen LogP contribution in [-0.2, 0) is 6.54 Å². The van der Waals surface area contributed by atoms with Crippen molar-refractivity contribution in [2.45, 2.75) is 25.9 Å². The van der Waals surface area contributed by atoms with E-state index in [0.717, 1.165) is 36.6 Å². The fraction of sp³-hybridized carbons (Fsp3) is 0.412. The van der Waals surface area contributed by atoms with Gasteiger partial charge in [0.1, 0.15) is 18.0 Å². The minimum atomic E-state index is -0.120. The van der Waals surface area contributed by atoms with E-state index in [1.165, 1.54) is 6.07 Å². The van der Waals surface area contributed by atoms with Crippen molar-refractivity contribution >= 4 is 5.82 Å². The van der Waals surface area contributed by atoms with Crippen molar-refractivity contribution < 1.29 is 4.39 Å². The number of hydrogen-bond acceptors (Lipinski definition) is 4. The van der Waals surface area contributed by atoms with E-state index in [1.54, 1.807) is 12.4 Å². The van der Waals surface area contributed by atoms with Crippen LogP contribution in [0, 0.1) is 12.7 Å². The highest BCUT2D eigenvalue weighted by atomic mass is 19.1. The minimum Gasteiger partial charge on any atom is -0.355 e. The number of hydrogen-bond donors (Lipinski definition) is 0. The van der Waals surface area contributed by atoms with Crippen LogP contribution < -0.4 is 4.90 Å². The van der Waals surface area contributed by atoms with Crippen molar-refractivity contribution in [2.75, 3.05) is 25.0 Å². The van der Waals surface area contributed by atoms with Crippen LogP contribution in [0.4, 0.5) is 10.2 Å². The van der Waals surface area contributed by atoms with Crippen LogP contribution in [0.25, 0.3) is 0 Å². The van der Waals surface area contributed by atoms with E-state index in [1.807, 2.05) is 25.1 Å². The molecule has 0 saturated carbocycles. The molecule has 1 atom stereocenters. The average Bonchev–Trinajstić information content (AvgIpc) is 2.97. The Morgan fingerprint density at radius 3 is 2.91 bits per heavy atom. The van der Waals surface area contributed by atoms with Gasteiger partial charge < -0.3 is 4.90 Å². The first-order valence-electron chi connectivity index (χ1n) is 7.61. The summed E-state index contributed by atoms with van der Waals surface area (Å²) >= 11 is 0. The lowest BCUT2D eigenvalue weighted by atomic mass is 10.2. The van der Waals surface area contributed by atoms with E-state index < -0.39 is 0 Å². The molecule has 2 heterocycles. The smallest absolute Gasteiger partial charge is 0.132 e. The SMILES string of the molecule is Cc1cc(N(C)C2CCN(Cc3ccccc3F)C2)ncn1. The first-order valence-corrected chi connectivity index (χ1v) is 7.61. The minimum absolute atomic E-state index is 0.120. The predicted molar refractivity (Wildman–Crippen MR) is 85.3 cm³/mol. The summed E-state index contributed by atoms with van der Waals surface area (Å²) in [5.41, 5.74) is 1.74. The second kappa shape index (κ2) is 6.40. The number of likely N-dealkylation sites (tertiary alicyclic amines) is 1. The zero-order valence-corrected chi connectivity index (χ0v) is 13.0. The number of aryl methyl sites for hydroxylation is 1. The number of anilines is 1. The molecule has 2 aromatic rings. The number of aromatic nitrogens is 2. The topological polar surface area (TPSA) is 32.3 Å². The van der Waals surface area contributed by atoms with Crippen molar-refractivity contribution in [2.24, 2.45) is 0 Å². The third-order valence-corrected chi connectivity index (χ3v) is 4.30. The molecule has 1 aromatic carbocycles. The Hall–Kier alpha value is -2.01. The largest absolute Gasteiger partial charge is 0.355 e. The molecule has 0 radical (unpaired) electrons. The van der Waals surface area contributed by atoms with Gasteiger partial charge in [0.15, 0.2) is 0 Å². The van der Waals surface area contributed by atoms with Crippen molar-refractivity contribution in [1.82, 2.24) is 14.9 Å². The van der Waals surface area contributed by atoms with Crippen LogP contribution in [0.15, 0.2) is 36.7 Å². The Morgan fingerprint density at radius 2 is 2.14 bits per heavy atom. The second-order valence-corrected chi connectivity index (χ2v) is 5.90. The Morgan fingerprint density at radius 1 is 1.32 bits per heavy atom. The number of halogens is 1. The van der Waals surface area contributed by atoms with E-state index in [-0.39, 0.29) is 5.82 Å². The highest BCUT2D eigenvalue weighted by Gasteiger charge is 2.27. The summed E-state index contributed by atoms with van der Waals surface area (Å²) in [4.78, 5) is 13.0. The van der Waals surface area contributed by atoms with E-state index in [2.05, 4.69) is 26.8 Å². The summed E-state index contributed by atoms with van der Waals surface area (Å²) in [6.07, 6.45) is 2.67. The molecule has 0 aliphatic carbocycles. The third kappa shape index (κ3) is 3.25. The fourth-order valence-corrected chi connectivity index (χ4v) is 2.96. The van der Waals surface area contributed by atoms with Crippen molar-refractivity contribution in [3.8, 4) is 0 Å². The Bertz CT molecular complexity index is 646. The maximum Gasteiger partial charge on any atom is 0.132 e. The molecule has 4 nitrogen and oxygen atoms in total. The van der Waals surface area contributed by atoms with Gasteiger partial charge in [-0.05, 0) is 19.4 Å². The molecule has 3 rings (SSSR count). The van der Waals surface area contributed by atoms with Crippen molar-refractivity contribution in [3.63, 3.8) is 0 Å². The predicted octanol–water partition coefficient (Wildman–Crippen LogP) is 2.63. The maximum atomic E-state index is 13.8. The van der Waals surface area contributed by atoms with Gasteiger partial charge in [-0.25, -0.2) is 14.4 Å². The van der Waals surface area contributed by atoms with Gasteiger partial charge in [0.25, 0.3) is 0 Å². The number of rotatable bonds is 4. The summed E-state index contributed by atoms with van der Waals surface area (Å²) < 4.78 is 13.8. The van der Waals surface area contributed by atoms with Crippen LogP contribution >= 0.6 is 0 Å². The molecule has 1 aliphatic heterocycles. The summed E-state index contributed by atoms with van der Waals surface area (Å²) in [5, 5.41) is 0. The van der Waals surface area contributed by atoms with Gasteiger partial charge in [0, 0.05) is 50.0 Å². The first-order chi connectivity index (χ1) is 10.6. The van der Waals surface area contributed by atoms with E-state index >= 15 is 0 Å². The molecule has 0 bridgehead atoms. The molecular weight excluding hydrogens is 279 g/mol. The average molecular weight is 300 g/mol. The van der Waals surface area contributed by atoms with Gasteiger partial charge in [-0.1, -0.05) is 18.2 Å². The van der Waals surface area contributed by atoms with Gasteiger partial charge in [0.05, 0.1) is 0 Å². The van der Waals surface area contributed by atoms with E-state index in [4.69, 9.17) is 0 Å². The molecule has 0 spiro atoms. The summed E-state index contributed by atoms with van der Waals surface area (Å²) in [7, 11) is 2.07. The number of likely N-dealkylation sites (N-methyl/N-ethyl adjacent to an activating group) is 1. The lowest BCUT2D eigenvalue weighted by Gasteiger charge is -2.26. The maximum absolute atomic E-state index is 13.8. The third-order valence-electron chi connectivity index (χ3n) is 4.30. The van der Waals surface area contributed by atoms with Crippen LogP contribution in [0.1, 0.15) is 17.7 Å². The summed E-state index contributed by atoms with van der Waals surface area (Å²) in [6.45, 7) is 4.54. The highest BCUT2D eigenvalue weighted by Crippen LogP contribution is 2.22. The van der Waals surface area contributed by atoms with Crippen LogP contribution in [0.3, 0.4) is 0 Å². The van der Waals surface area contributed by atoms with Gasteiger partial charge in [-0.2, -0.15) is 0 Å². The molecule has 1 saturated heterocycles. The fourth-order valence-electron chi connectivity index (χ4n) is 2.96. The molecule has 1 unspecified atom stereocenters. The van der Waals surface area contributed by atoms with Gasteiger partial charge >= 0.3 is 0 Å². The van der Waals surface area contributed by atoms with Crippen molar-refractivity contribution in [3.05, 3.63) is 53.7 Å². The van der Waals surface area contributed by atoms with Crippen LogP contribution in [0.5, 0.6) is 0 Å². The lowest BCUT2D eigenvalue weighted by molar-refractivity contribution is 0.320. The lowest BCUT2D eigenvalue weighted by Crippen LogP contribution is -2.35. The normalized spacial score (nSPS) is 18.6. The zero-order chi connectivity index (χ0) is 15.5. The van der Waals surface area contributed by atoms with Crippen molar-refractivity contribution in [1.29, 1.82) is 0 Å². The van der Waals surface area contributed by atoms with E-state index in [9.17, 15) is 4.39 Å². The molecule has 5 heteroatoms. The first kappa shape index (κ1) is 14.9. The molecule has 0 N–H and O–H groups in total. The molecule has 1 aliphatic rings. The molecule has 116 valence electrons. The van der Waals surface area contributed by atoms with Gasteiger partial charge in [-0.3, -0.25) is 4.90 Å². The van der Waals surface area contributed by atoms with Crippen LogP contribution in [0.2, 0.25) is 0 Å². The monoisotopic (exact) mass is 300 g/mol. The van der Waals surface area contributed by atoms with Crippen LogP contribution in [-0.4, -0.2) is 41.0 Å². The molecule has 0 amide bonds. The van der Waals surface area contributed by atoms with Gasteiger partial charge in [0.2, 0.25) is 0 Å². The highest BCUT2D eigenvalue weighted by molar-refractivity contribution is 5.39. The Labute approximate surface area is 130 Å². The number of nitrogens with zero attached hydrogens (tertiary/aromatic N) is 4. The number of benzene rings is 1. The molecule has 1 fully saturated rings. The molecule has 1 aromatic heterocycles. The van der Waals surface area contributed by atoms with Gasteiger partial charge in [-0.15, -0.1) is 0 Å². The quantitative estimate of drug-likeness (QED) is 0.869. The molecule has 22 heavy (non-hydrogen) atoms.